The Bertz CT molecular complexity index is 1010. The van der Waals surface area contributed by atoms with Gasteiger partial charge in [0.05, 0.1) is 23.5 Å². The van der Waals surface area contributed by atoms with Gasteiger partial charge >= 0.3 is 11.4 Å². The third-order valence-corrected chi connectivity index (χ3v) is 4.00. The quantitative estimate of drug-likeness (QED) is 0.420. The van der Waals surface area contributed by atoms with Crippen molar-refractivity contribution in [2.45, 2.75) is 20.4 Å². The lowest BCUT2D eigenvalue weighted by atomic mass is 10.2. The predicted octanol–water partition coefficient (Wildman–Crippen LogP) is 1.95. The molecule has 0 saturated heterocycles. The van der Waals surface area contributed by atoms with Crippen molar-refractivity contribution in [3.05, 3.63) is 61.4 Å². The second-order valence-electron chi connectivity index (χ2n) is 5.92. The normalized spacial score (nSPS) is 10.2. The van der Waals surface area contributed by atoms with Crippen molar-refractivity contribution < 1.29 is 14.6 Å². The predicted molar refractivity (Wildman–Crippen MR) is 105 cm³/mol. The van der Waals surface area contributed by atoms with Crippen LogP contribution >= 0.6 is 0 Å². The van der Waals surface area contributed by atoms with E-state index >= 15 is 0 Å². The minimum atomic E-state index is -0.561. The first-order valence-electron chi connectivity index (χ1n) is 8.20. The van der Waals surface area contributed by atoms with Crippen molar-refractivity contribution in [2.24, 2.45) is 0 Å². The standard InChI is InChI=1S/C12H14N4O3.C4H6N4O2/c1-8-11(16(17)18)12(13)14-15(8)7-9-3-5-10(19-2)6-4-9;1-2-3(8(9)10)4(5)7-6-2/h3-6H,7H2,1-2H3,(H2,13,14);1H3,(H3,5,6,7). The van der Waals surface area contributed by atoms with Gasteiger partial charge in [0.25, 0.3) is 0 Å². The van der Waals surface area contributed by atoms with Crippen LogP contribution in [0.25, 0.3) is 0 Å². The number of hydrogen-bond acceptors (Lipinski definition) is 9. The van der Waals surface area contributed by atoms with Gasteiger partial charge in [0, 0.05) is 0 Å². The lowest BCUT2D eigenvalue weighted by Gasteiger charge is -2.05. The van der Waals surface area contributed by atoms with Gasteiger partial charge in [-0.2, -0.15) is 5.10 Å². The summed E-state index contributed by atoms with van der Waals surface area (Å²) in [4.78, 5) is 19.9. The van der Waals surface area contributed by atoms with Gasteiger partial charge in [-0.05, 0) is 31.5 Å². The molecule has 2 aromatic heterocycles. The number of hydrogen-bond donors (Lipinski definition) is 3. The summed E-state index contributed by atoms with van der Waals surface area (Å²) >= 11 is 0. The molecule has 13 nitrogen and oxygen atoms in total. The Hall–Kier alpha value is -4.16. The Kier molecular flexibility index (Phi) is 6.33. The lowest BCUT2D eigenvalue weighted by Crippen LogP contribution is -2.04. The third-order valence-electron chi connectivity index (χ3n) is 4.00. The van der Waals surface area contributed by atoms with E-state index in [1.807, 2.05) is 24.3 Å². The number of nitrogens with one attached hydrogen (secondary N) is 1. The van der Waals surface area contributed by atoms with Crippen molar-refractivity contribution in [3.8, 4) is 5.75 Å². The van der Waals surface area contributed by atoms with Crippen LogP contribution in [-0.4, -0.2) is 36.9 Å². The fraction of sp³-hybridized carbons (Fsp3) is 0.250. The Labute approximate surface area is 164 Å². The molecule has 1 aromatic carbocycles. The molecule has 154 valence electrons. The monoisotopic (exact) mass is 404 g/mol. The highest BCUT2D eigenvalue weighted by molar-refractivity contribution is 5.55. The van der Waals surface area contributed by atoms with Gasteiger partial charge in [-0.15, -0.1) is 5.10 Å². The molecule has 0 radical (unpaired) electrons. The van der Waals surface area contributed by atoms with Crippen LogP contribution < -0.4 is 16.2 Å². The molecule has 0 amide bonds. The second kappa shape index (κ2) is 8.69. The molecule has 0 spiro atoms. The van der Waals surface area contributed by atoms with Crippen molar-refractivity contribution in [1.29, 1.82) is 0 Å². The summed E-state index contributed by atoms with van der Waals surface area (Å²) in [5, 5.41) is 30.9. The molecule has 29 heavy (non-hydrogen) atoms. The van der Waals surface area contributed by atoms with Crippen molar-refractivity contribution in [1.82, 2.24) is 20.0 Å². The maximum atomic E-state index is 10.8. The van der Waals surface area contributed by atoms with Crippen LogP contribution in [0, 0.1) is 34.1 Å². The van der Waals surface area contributed by atoms with Gasteiger partial charge in [0.2, 0.25) is 11.6 Å². The number of methoxy groups -OCH3 is 1. The molecule has 3 rings (SSSR count). The number of nitrogens with zero attached hydrogens (tertiary/aromatic N) is 5. The highest BCUT2D eigenvalue weighted by Crippen LogP contribution is 2.25. The second-order valence-corrected chi connectivity index (χ2v) is 5.92. The van der Waals surface area contributed by atoms with E-state index < -0.39 is 9.85 Å². The topological polar surface area (TPSA) is 194 Å². The van der Waals surface area contributed by atoms with E-state index in [1.165, 1.54) is 4.68 Å². The number of aromatic amines is 1. The van der Waals surface area contributed by atoms with Crippen LogP contribution in [0.1, 0.15) is 17.0 Å². The Morgan fingerprint density at radius 2 is 1.66 bits per heavy atom. The number of anilines is 2. The van der Waals surface area contributed by atoms with Crippen LogP contribution in [0.4, 0.5) is 23.0 Å². The summed E-state index contributed by atoms with van der Waals surface area (Å²) in [6, 6.07) is 7.40. The van der Waals surface area contributed by atoms with Gasteiger partial charge in [0.1, 0.15) is 17.1 Å². The number of nitro groups is 2. The van der Waals surface area contributed by atoms with E-state index in [4.69, 9.17) is 16.2 Å². The Morgan fingerprint density at radius 1 is 1.07 bits per heavy atom. The number of nitrogens with two attached hydrogens (primary N) is 2. The summed E-state index contributed by atoms with van der Waals surface area (Å²) in [5.41, 5.74) is 12.2. The largest absolute Gasteiger partial charge is 0.497 e. The van der Waals surface area contributed by atoms with Crippen molar-refractivity contribution in [2.75, 3.05) is 18.6 Å². The van der Waals surface area contributed by atoms with Gasteiger partial charge < -0.3 is 16.2 Å². The molecule has 0 aliphatic heterocycles. The fourth-order valence-electron chi connectivity index (χ4n) is 2.52. The summed E-state index contributed by atoms with van der Waals surface area (Å²) in [7, 11) is 1.59. The first kappa shape index (κ1) is 21.1. The Balaban J connectivity index is 0.000000253. The SMILES string of the molecule is COc1ccc(Cn2nc(N)c([N+](=O)[O-])c2C)cc1.Cc1[nH]nc(N)c1[N+](=O)[O-]. The number of aryl methyl sites for hydroxylation is 1. The first-order valence-corrected chi connectivity index (χ1v) is 8.20. The lowest BCUT2D eigenvalue weighted by molar-refractivity contribution is -0.384. The van der Waals surface area contributed by atoms with Crippen LogP contribution in [-0.2, 0) is 6.54 Å². The molecule has 0 unspecified atom stereocenters. The van der Waals surface area contributed by atoms with Gasteiger partial charge in [-0.1, -0.05) is 12.1 Å². The fourth-order valence-corrected chi connectivity index (χ4v) is 2.52. The molecule has 0 atom stereocenters. The molecule has 0 saturated carbocycles. The molecular weight excluding hydrogens is 384 g/mol. The summed E-state index contributed by atoms with van der Waals surface area (Å²) in [6.45, 7) is 3.60. The zero-order valence-corrected chi connectivity index (χ0v) is 15.9. The zero-order valence-electron chi connectivity index (χ0n) is 15.9. The number of H-pyrrole nitrogens is 1. The highest BCUT2D eigenvalue weighted by atomic mass is 16.6. The molecule has 0 fully saturated rings. The number of ether oxygens (including phenoxy) is 1. The molecule has 13 heteroatoms. The van der Waals surface area contributed by atoms with Crippen LogP contribution in [0.2, 0.25) is 0 Å². The van der Waals surface area contributed by atoms with Crippen LogP contribution in [0.15, 0.2) is 24.3 Å². The van der Waals surface area contributed by atoms with Crippen molar-refractivity contribution in [3.63, 3.8) is 0 Å². The molecule has 2 heterocycles. The molecule has 3 aromatic rings. The molecule has 0 bridgehead atoms. The maximum Gasteiger partial charge on any atom is 0.333 e. The number of aromatic nitrogens is 4. The maximum absolute atomic E-state index is 10.8. The third kappa shape index (κ3) is 4.77. The average Bonchev–Trinajstić information content (AvgIpc) is 3.14. The minimum absolute atomic E-state index is 0.0592. The average molecular weight is 404 g/mol. The summed E-state index contributed by atoms with van der Waals surface area (Å²) in [6.07, 6.45) is 0. The first-order chi connectivity index (χ1) is 13.6. The van der Waals surface area contributed by atoms with Crippen LogP contribution in [0.5, 0.6) is 5.75 Å². The van der Waals surface area contributed by atoms with Gasteiger partial charge in [-0.25, -0.2) is 0 Å². The van der Waals surface area contributed by atoms with Gasteiger partial charge in [-0.3, -0.25) is 30.0 Å². The molecular formula is C16H20N8O5. The Morgan fingerprint density at radius 3 is 2.03 bits per heavy atom. The highest BCUT2D eigenvalue weighted by Gasteiger charge is 2.22. The van der Waals surface area contributed by atoms with E-state index in [2.05, 4.69) is 15.3 Å². The van der Waals surface area contributed by atoms with Crippen molar-refractivity contribution >= 4 is 23.0 Å². The van der Waals surface area contributed by atoms with E-state index in [-0.39, 0.29) is 23.0 Å². The van der Waals surface area contributed by atoms with E-state index in [0.717, 1.165) is 11.3 Å². The molecule has 0 aliphatic carbocycles. The number of nitrogen functional groups attached to an aromatic ring is 2. The van der Waals surface area contributed by atoms with Crippen LogP contribution in [0.3, 0.4) is 0 Å². The van der Waals surface area contributed by atoms with E-state index in [1.54, 1.807) is 21.0 Å². The minimum Gasteiger partial charge on any atom is -0.497 e. The van der Waals surface area contributed by atoms with E-state index in [0.29, 0.717) is 17.9 Å². The molecule has 0 aliphatic rings. The number of benzene rings is 1. The summed E-state index contributed by atoms with van der Waals surface area (Å²) < 4.78 is 6.59. The summed E-state index contributed by atoms with van der Waals surface area (Å²) in [5.74, 6) is 0.630. The zero-order chi connectivity index (χ0) is 21.7. The molecule has 5 N–H and O–H groups in total. The smallest absolute Gasteiger partial charge is 0.333 e. The number of rotatable bonds is 5. The van der Waals surface area contributed by atoms with Gasteiger partial charge in [0.15, 0.2) is 0 Å². The van der Waals surface area contributed by atoms with E-state index in [9.17, 15) is 20.2 Å².